The summed E-state index contributed by atoms with van der Waals surface area (Å²) in [6.45, 7) is 2.53. The molecule has 0 amide bonds. The first-order chi connectivity index (χ1) is 10.3. The van der Waals surface area contributed by atoms with Crippen LogP contribution in [0.1, 0.15) is 29.1 Å². The van der Waals surface area contributed by atoms with Gasteiger partial charge in [0.15, 0.2) is 5.82 Å². The van der Waals surface area contributed by atoms with E-state index >= 15 is 0 Å². The summed E-state index contributed by atoms with van der Waals surface area (Å²) in [5.74, 6) is 2.20. The second-order valence-corrected chi connectivity index (χ2v) is 4.79. The van der Waals surface area contributed by atoms with Crippen molar-refractivity contribution < 1.29 is 8.94 Å². The molecule has 0 radical (unpaired) electrons. The standard InChI is InChI=1S/C16H17N3O2/c1-12-18-15(19-21-12)9-10-17-16(14-8-5-11-20-14)13-6-3-2-4-7-13/h2-8,11,16-17H,9-10H2,1H3. The molecule has 1 unspecified atom stereocenters. The molecule has 0 saturated carbocycles. The van der Waals surface area contributed by atoms with Crippen molar-refractivity contribution in [1.29, 1.82) is 0 Å². The van der Waals surface area contributed by atoms with Crippen LogP contribution < -0.4 is 5.32 Å². The van der Waals surface area contributed by atoms with E-state index in [2.05, 4.69) is 27.6 Å². The van der Waals surface area contributed by atoms with Crippen LogP contribution in [0.5, 0.6) is 0 Å². The average molecular weight is 283 g/mol. The van der Waals surface area contributed by atoms with Gasteiger partial charge in [-0.2, -0.15) is 4.98 Å². The molecule has 1 atom stereocenters. The van der Waals surface area contributed by atoms with Gasteiger partial charge in [0, 0.05) is 19.9 Å². The predicted octanol–water partition coefficient (Wildman–Crippen LogP) is 2.89. The Balaban J connectivity index is 1.68. The Morgan fingerprint density at radius 3 is 2.67 bits per heavy atom. The summed E-state index contributed by atoms with van der Waals surface area (Å²) >= 11 is 0. The highest BCUT2D eigenvalue weighted by atomic mass is 16.5. The molecule has 0 fully saturated rings. The zero-order valence-electron chi connectivity index (χ0n) is 11.8. The number of nitrogens with zero attached hydrogens (tertiary/aromatic N) is 2. The first-order valence-corrected chi connectivity index (χ1v) is 6.94. The van der Waals surface area contributed by atoms with E-state index in [0.717, 1.165) is 17.9 Å². The van der Waals surface area contributed by atoms with Crippen molar-refractivity contribution in [3.8, 4) is 0 Å². The van der Waals surface area contributed by atoms with Crippen molar-refractivity contribution in [2.75, 3.05) is 6.54 Å². The lowest BCUT2D eigenvalue weighted by atomic mass is 10.0. The van der Waals surface area contributed by atoms with Crippen LogP contribution in [-0.4, -0.2) is 16.7 Å². The molecule has 1 aromatic carbocycles. The zero-order chi connectivity index (χ0) is 14.5. The average Bonchev–Trinajstić information content (AvgIpc) is 3.16. The van der Waals surface area contributed by atoms with Crippen LogP contribution in [0.3, 0.4) is 0 Å². The van der Waals surface area contributed by atoms with Crippen molar-refractivity contribution in [3.05, 3.63) is 71.8 Å². The van der Waals surface area contributed by atoms with E-state index in [9.17, 15) is 0 Å². The topological polar surface area (TPSA) is 64.1 Å². The maximum atomic E-state index is 5.54. The minimum atomic E-state index is 0.0224. The summed E-state index contributed by atoms with van der Waals surface area (Å²) in [5, 5.41) is 7.38. The summed E-state index contributed by atoms with van der Waals surface area (Å²) < 4.78 is 10.5. The van der Waals surface area contributed by atoms with E-state index in [0.29, 0.717) is 18.1 Å². The number of nitrogens with one attached hydrogen (secondary N) is 1. The van der Waals surface area contributed by atoms with Gasteiger partial charge >= 0.3 is 0 Å². The minimum absolute atomic E-state index is 0.0224. The van der Waals surface area contributed by atoms with Gasteiger partial charge in [-0.3, -0.25) is 0 Å². The van der Waals surface area contributed by atoms with Gasteiger partial charge in [0.05, 0.1) is 12.3 Å². The third-order valence-electron chi connectivity index (χ3n) is 3.23. The summed E-state index contributed by atoms with van der Waals surface area (Å²) in [7, 11) is 0. The number of aryl methyl sites for hydroxylation is 1. The van der Waals surface area contributed by atoms with Gasteiger partial charge in [0.1, 0.15) is 5.76 Å². The monoisotopic (exact) mass is 283 g/mol. The first kappa shape index (κ1) is 13.6. The second-order valence-electron chi connectivity index (χ2n) is 4.79. The normalized spacial score (nSPS) is 12.4. The van der Waals surface area contributed by atoms with Crippen LogP contribution in [0.25, 0.3) is 0 Å². The van der Waals surface area contributed by atoms with Gasteiger partial charge in [0.2, 0.25) is 5.89 Å². The van der Waals surface area contributed by atoms with Gasteiger partial charge in [-0.25, -0.2) is 0 Å². The molecule has 3 rings (SSSR count). The molecule has 21 heavy (non-hydrogen) atoms. The molecule has 108 valence electrons. The molecule has 3 aromatic rings. The molecule has 0 saturated heterocycles. The molecule has 0 spiro atoms. The van der Waals surface area contributed by atoms with Crippen LogP contribution >= 0.6 is 0 Å². The second kappa shape index (κ2) is 6.37. The van der Waals surface area contributed by atoms with E-state index in [1.165, 1.54) is 0 Å². The summed E-state index contributed by atoms with van der Waals surface area (Å²) in [6, 6.07) is 14.1. The zero-order valence-corrected chi connectivity index (χ0v) is 11.8. The van der Waals surface area contributed by atoms with Crippen LogP contribution in [0, 0.1) is 6.92 Å². The number of benzene rings is 1. The van der Waals surface area contributed by atoms with Crippen LogP contribution in [0.15, 0.2) is 57.7 Å². The molecule has 1 N–H and O–H groups in total. The van der Waals surface area contributed by atoms with Crippen LogP contribution in [0.4, 0.5) is 0 Å². The Morgan fingerprint density at radius 2 is 2.00 bits per heavy atom. The van der Waals surface area contributed by atoms with Gasteiger partial charge in [0.25, 0.3) is 0 Å². The highest BCUT2D eigenvalue weighted by Crippen LogP contribution is 2.22. The molecule has 5 heteroatoms. The quantitative estimate of drug-likeness (QED) is 0.753. The first-order valence-electron chi connectivity index (χ1n) is 6.94. The molecular weight excluding hydrogens is 266 g/mol. The fourth-order valence-corrected chi connectivity index (χ4v) is 2.25. The Bertz CT molecular complexity index is 662. The van der Waals surface area contributed by atoms with Crippen molar-refractivity contribution in [2.45, 2.75) is 19.4 Å². The molecular formula is C16H17N3O2. The van der Waals surface area contributed by atoms with E-state index < -0.39 is 0 Å². The van der Waals surface area contributed by atoms with Gasteiger partial charge in [-0.1, -0.05) is 35.5 Å². The highest BCUT2D eigenvalue weighted by molar-refractivity contribution is 5.26. The minimum Gasteiger partial charge on any atom is -0.467 e. The van der Waals surface area contributed by atoms with Crippen molar-refractivity contribution >= 4 is 0 Å². The lowest BCUT2D eigenvalue weighted by Gasteiger charge is -2.16. The largest absolute Gasteiger partial charge is 0.467 e. The lowest BCUT2D eigenvalue weighted by Crippen LogP contribution is -2.24. The third kappa shape index (κ3) is 3.38. The molecule has 2 aromatic heterocycles. The number of hydrogen-bond donors (Lipinski definition) is 1. The Labute approximate surface area is 123 Å². The van der Waals surface area contributed by atoms with E-state index in [-0.39, 0.29) is 6.04 Å². The van der Waals surface area contributed by atoms with E-state index in [1.807, 2.05) is 30.3 Å². The fraction of sp³-hybridized carbons (Fsp3) is 0.250. The number of aromatic nitrogens is 2. The SMILES string of the molecule is Cc1nc(CCNC(c2ccccc2)c2ccco2)no1. The van der Waals surface area contributed by atoms with E-state index in [1.54, 1.807) is 13.2 Å². The summed E-state index contributed by atoms with van der Waals surface area (Å²) in [6.07, 6.45) is 2.40. The molecule has 0 aliphatic carbocycles. The maximum absolute atomic E-state index is 5.54. The maximum Gasteiger partial charge on any atom is 0.223 e. The molecule has 5 nitrogen and oxygen atoms in total. The van der Waals surface area contributed by atoms with Gasteiger partial charge < -0.3 is 14.3 Å². The highest BCUT2D eigenvalue weighted by Gasteiger charge is 2.16. The summed E-state index contributed by atoms with van der Waals surface area (Å²) in [4.78, 5) is 4.20. The number of hydrogen-bond acceptors (Lipinski definition) is 5. The lowest BCUT2D eigenvalue weighted by molar-refractivity contribution is 0.386. The number of rotatable bonds is 6. The van der Waals surface area contributed by atoms with Crippen LogP contribution in [0.2, 0.25) is 0 Å². The number of furan rings is 1. The molecule has 0 aliphatic heterocycles. The van der Waals surface area contributed by atoms with Crippen molar-refractivity contribution in [2.24, 2.45) is 0 Å². The smallest absolute Gasteiger partial charge is 0.223 e. The van der Waals surface area contributed by atoms with E-state index in [4.69, 9.17) is 8.94 Å². The van der Waals surface area contributed by atoms with Gasteiger partial charge in [-0.05, 0) is 17.7 Å². The molecule has 0 aliphatic rings. The Morgan fingerprint density at radius 1 is 1.14 bits per heavy atom. The Kier molecular flexibility index (Phi) is 4.12. The molecule has 2 heterocycles. The molecule has 0 bridgehead atoms. The fourth-order valence-electron chi connectivity index (χ4n) is 2.25. The summed E-state index contributed by atoms with van der Waals surface area (Å²) in [5.41, 5.74) is 1.16. The third-order valence-corrected chi connectivity index (χ3v) is 3.23. The van der Waals surface area contributed by atoms with Crippen LogP contribution in [-0.2, 0) is 6.42 Å². The Hall–Kier alpha value is -2.40. The van der Waals surface area contributed by atoms with Crippen molar-refractivity contribution in [3.63, 3.8) is 0 Å². The van der Waals surface area contributed by atoms with Crippen molar-refractivity contribution in [1.82, 2.24) is 15.5 Å². The van der Waals surface area contributed by atoms with Gasteiger partial charge in [-0.15, -0.1) is 0 Å². The predicted molar refractivity (Wildman–Crippen MR) is 77.7 cm³/mol.